The van der Waals surface area contributed by atoms with Crippen LogP contribution in [0, 0.1) is 6.07 Å². The van der Waals surface area contributed by atoms with E-state index in [-0.39, 0.29) is 20.1 Å². The summed E-state index contributed by atoms with van der Waals surface area (Å²) in [7, 11) is 1.99. The molecule has 1 radical (unpaired) electrons. The summed E-state index contributed by atoms with van der Waals surface area (Å²) in [4.78, 5) is 4.42. The molecular formula is C28H20IrN5-. The maximum Gasteiger partial charge on any atom is 0.115 e. The van der Waals surface area contributed by atoms with Gasteiger partial charge < -0.3 is 9.13 Å². The summed E-state index contributed by atoms with van der Waals surface area (Å²) < 4.78 is 4.07. The Kier molecular flexibility index (Phi) is 5.93. The van der Waals surface area contributed by atoms with E-state index in [0.29, 0.717) is 0 Å². The van der Waals surface area contributed by atoms with Crippen LogP contribution in [0.2, 0.25) is 0 Å². The zero-order chi connectivity index (χ0) is 22.2. The summed E-state index contributed by atoms with van der Waals surface area (Å²) in [5, 5.41) is 8.81. The SMILES string of the molecule is Cn1cnc2c[c-]c(-c3nncn3-c3c(-c4ccccc4)cccc3-c3ccccc3)cc21.[Ir]. The summed E-state index contributed by atoms with van der Waals surface area (Å²) in [5.74, 6) is 0.735. The van der Waals surface area contributed by atoms with Crippen LogP contribution < -0.4 is 0 Å². The second-order valence-corrected chi connectivity index (χ2v) is 7.93. The molecule has 5 nitrogen and oxygen atoms in total. The zero-order valence-electron chi connectivity index (χ0n) is 18.4. The molecule has 0 unspecified atom stereocenters. The first-order chi connectivity index (χ1) is 16.3. The van der Waals surface area contributed by atoms with Crippen LogP contribution in [0.25, 0.3) is 50.4 Å². The van der Waals surface area contributed by atoms with Gasteiger partial charge in [-0.3, -0.25) is 4.98 Å². The number of imidazole rings is 1. The molecule has 0 aliphatic rings. The quantitative estimate of drug-likeness (QED) is 0.230. The molecule has 167 valence electrons. The number of hydrogen-bond donors (Lipinski definition) is 0. The summed E-state index contributed by atoms with van der Waals surface area (Å²) in [6.07, 6.45) is 3.59. The summed E-state index contributed by atoms with van der Waals surface area (Å²) >= 11 is 0. The van der Waals surface area contributed by atoms with Crippen LogP contribution in [0.1, 0.15) is 0 Å². The molecule has 6 heteroatoms. The number of rotatable bonds is 4. The van der Waals surface area contributed by atoms with Gasteiger partial charge in [0, 0.05) is 43.8 Å². The molecule has 0 aliphatic carbocycles. The van der Waals surface area contributed by atoms with Crippen molar-refractivity contribution in [3.63, 3.8) is 0 Å². The fraction of sp³-hybridized carbons (Fsp3) is 0.0357. The van der Waals surface area contributed by atoms with E-state index in [1.54, 1.807) is 6.33 Å². The minimum atomic E-state index is 0. The summed E-state index contributed by atoms with van der Waals surface area (Å²) in [5.41, 5.74) is 8.32. The van der Waals surface area contributed by atoms with Crippen LogP contribution in [0.4, 0.5) is 0 Å². The van der Waals surface area contributed by atoms with Crippen molar-refractivity contribution >= 4 is 11.0 Å². The van der Waals surface area contributed by atoms with E-state index in [0.717, 1.165) is 50.4 Å². The van der Waals surface area contributed by atoms with E-state index in [1.165, 1.54) is 0 Å². The Morgan fingerprint density at radius 1 is 0.765 bits per heavy atom. The van der Waals surface area contributed by atoms with E-state index in [9.17, 15) is 0 Å². The first-order valence-corrected chi connectivity index (χ1v) is 10.8. The molecule has 0 saturated heterocycles. The number of para-hydroxylation sites is 1. The third-order valence-corrected chi connectivity index (χ3v) is 5.89. The van der Waals surface area contributed by atoms with Crippen molar-refractivity contribution < 1.29 is 20.1 Å². The Labute approximate surface area is 211 Å². The van der Waals surface area contributed by atoms with Crippen LogP contribution in [0.15, 0.2) is 104 Å². The third kappa shape index (κ3) is 3.77. The molecule has 6 aromatic rings. The molecule has 0 atom stereocenters. The second kappa shape index (κ2) is 9.18. The maximum atomic E-state index is 4.51. The van der Waals surface area contributed by atoms with E-state index in [1.807, 2.05) is 36.1 Å². The van der Waals surface area contributed by atoms with Gasteiger partial charge in [0.25, 0.3) is 0 Å². The average Bonchev–Trinajstić information content (AvgIpc) is 3.51. The van der Waals surface area contributed by atoms with E-state index in [4.69, 9.17) is 0 Å². The number of hydrogen-bond acceptors (Lipinski definition) is 3. The molecule has 34 heavy (non-hydrogen) atoms. The van der Waals surface area contributed by atoms with Crippen molar-refractivity contribution in [2.45, 2.75) is 0 Å². The van der Waals surface area contributed by atoms with Gasteiger partial charge in [0.05, 0.1) is 17.8 Å². The normalized spacial score (nSPS) is 10.9. The van der Waals surface area contributed by atoms with Gasteiger partial charge in [-0.2, -0.15) is 5.10 Å². The van der Waals surface area contributed by atoms with Crippen molar-refractivity contribution in [3.8, 4) is 39.3 Å². The molecule has 0 fully saturated rings. The van der Waals surface area contributed by atoms with Gasteiger partial charge in [-0.15, -0.1) is 28.9 Å². The van der Waals surface area contributed by atoms with Gasteiger partial charge in [0.15, 0.2) is 0 Å². The minimum Gasteiger partial charge on any atom is -0.352 e. The van der Waals surface area contributed by atoms with Gasteiger partial charge >= 0.3 is 0 Å². The monoisotopic (exact) mass is 619 g/mol. The van der Waals surface area contributed by atoms with Crippen LogP contribution >= 0.6 is 0 Å². The summed E-state index contributed by atoms with van der Waals surface area (Å²) in [6.45, 7) is 0. The summed E-state index contributed by atoms with van der Waals surface area (Å²) in [6, 6.07) is 34.6. The number of aromatic nitrogens is 5. The second-order valence-electron chi connectivity index (χ2n) is 7.93. The molecule has 0 N–H and O–H groups in total. The predicted octanol–water partition coefficient (Wildman–Crippen LogP) is 5.95. The average molecular weight is 619 g/mol. The Morgan fingerprint density at radius 2 is 1.41 bits per heavy atom. The van der Waals surface area contributed by atoms with Gasteiger partial charge in [-0.1, -0.05) is 78.9 Å². The first-order valence-electron chi connectivity index (χ1n) is 10.8. The van der Waals surface area contributed by atoms with Crippen LogP contribution in [0.3, 0.4) is 0 Å². The van der Waals surface area contributed by atoms with Crippen molar-refractivity contribution in [1.29, 1.82) is 0 Å². The third-order valence-electron chi connectivity index (χ3n) is 5.89. The number of aryl methyl sites for hydroxylation is 1. The molecule has 2 heterocycles. The largest absolute Gasteiger partial charge is 0.352 e. The van der Waals surface area contributed by atoms with Crippen molar-refractivity contribution in [1.82, 2.24) is 24.3 Å². The number of fused-ring (bicyclic) bond motifs is 1. The van der Waals surface area contributed by atoms with Crippen LogP contribution in [-0.2, 0) is 27.2 Å². The molecule has 0 bridgehead atoms. The Hall–Kier alpha value is -3.86. The Bertz CT molecular complexity index is 1510. The number of nitrogens with zero attached hydrogens (tertiary/aromatic N) is 5. The molecule has 2 aromatic heterocycles. The maximum absolute atomic E-state index is 4.51. The van der Waals surface area contributed by atoms with E-state index < -0.39 is 0 Å². The molecule has 0 amide bonds. The van der Waals surface area contributed by atoms with Crippen molar-refractivity contribution in [3.05, 3.63) is 110 Å². The van der Waals surface area contributed by atoms with Crippen molar-refractivity contribution in [2.75, 3.05) is 0 Å². The van der Waals surface area contributed by atoms with Gasteiger partial charge in [-0.05, 0) is 16.6 Å². The first kappa shape index (κ1) is 22.0. The zero-order valence-corrected chi connectivity index (χ0v) is 20.8. The van der Waals surface area contributed by atoms with Gasteiger partial charge in [0.2, 0.25) is 0 Å². The van der Waals surface area contributed by atoms with Crippen LogP contribution in [0.5, 0.6) is 0 Å². The Morgan fingerprint density at radius 3 is 2.06 bits per heavy atom. The van der Waals surface area contributed by atoms with Crippen molar-refractivity contribution in [2.24, 2.45) is 7.05 Å². The van der Waals surface area contributed by atoms with Gasteiger partial charge in [-0.25, -0.2) is 0 Å². The molecular weight excluding hydrogens is 599 g/mol. The molecule has 4 aromatic carbocycles. The minimum absolute atomic E-state index is 0. The molecule has 6 rings (SSSR count). The molecule has 0 saturated carbocycles. The smallest absolute Gasteiger partial charge is 0.115 e. The van der Waals surface area contributed by atoms with Crippen LogP contribution in [-0.4, -0.2) is 24.3 Å². The van der Waals surface area contributed by atoms with Gasteiger partial charge in [0.1, 0.15) is 6.33 Å². The standard InChI is InChI=1S/C28H20N5.Ir/c1-32-18-29-25-16-15-22(17-26(25)32)28-31-30-19-33(28)27-23(20-9-4-2-5-10-20)13-8-14-24(27)21-11-6-3-7-12-21;/h2-14,16-19H,1H3;/q-1;. The fourth-order valence-corrected chi connectivity index (χ4v) is 4.29. The Balaban J connectivity index is 0.00000241. The molecule has 0 aliphatic heterocycles. The predicted molar refractivity (Wildman–Crippen MR) is 131 cm³/mol. The van der Waals surface area contributed by atoms with E-state index in [2.05, 4.69) is 98.6 Å². The number of benzene rings is 4. The fourth-order valence-electron chi connectivity index (χ4n) is 4.29. The molecule has 0 spiro atoms. The van der Waals surface area contributed by atoms with E-state index >= 15 is 0 Å². The topological polar surface area (TPSA) is 48.5 Å².